The molecule has 2 saturated heterocycles. The van der Waals surface area contributed by atoms with Gasteiger partial charge in [0.15, 0.2) is 5.96 Å². The summed E-state index contributed by atoms with van der Waals surface area (Å²) in [6, 6.07) is 0. The van der Waals surface area contributed by atoms with Gasteiger partial charge in [0, 0.05) is 59.9 Å². The molecule has 0 aliphatic carbocycles. The maximum absolute atomic E-state index is 12.4. The summed E-state index contributed by atoms with van der Waals surface area (Å²) < 4.78 is 5.31. The first-order valence-electron chi connectivity index (χ1n) is 9.82. The molecule has 2 fully saturated rings. The molecule has 0 aromatic rings. The van der Waals surface area contributed by atoms with E-state index in [1.54, 1.807) is 14.1 Å². The van der Waals surface area contributed by atoms with Gasteiger partial charge in [-0.1, -0.05) is 12.2 Å². The Morgan fingerprint density at radius 3 is 2.29 bits per heavy atom. The fourth-order valence-corrected chi connectivity index (χ4v) is 3.00. The highest BCUT2D eigenvalue weighted by molar-refractivity contribution is 5.85. The lowest BCUT2D eigenvalue weighted by atomic mass is 10.3. The molecule has 0 atom stereocenters. The lowest BCUT2D eigenvalue weighted by molar-refractivity contribution is -0.136. The summed E-state index contributed by atoms with van der Waals surface area (Å²) >= 11 is 0. The van der Waals surface area contributed by atoms with Crippen LogP contribution in [0, 0.1) is 0 Å². The molecule has 1 N–H and O–H groups in total. The third-order valence-electron chi connectivity index (χ3n) is 4.81. The molecule has 0 radical (unpaired) electrons. The summed E-state index contributed by atoms with van der Waals surface area (Å²) in [6.07, 6.45) is 0. The normalized spacial score (nSPS) is 18.8. The maximum atomic E-state index is 12.4. The van der Waals surface area contributed by atoms with Crippen molar-refractivity contribution >= 4 is 17.8 Å². The number of likely N-dealkylation sites (N-methyl/N-ethyl adjacent to an activating group) is 1. The summed E-state index contributed by atoms with van der Waals surface area (Å²) in [5.41, 5.74) is 1.00. The zero-order chi connectivity index (χ0) is 20.5. The van der Waals surface area contributed by atoms with Crippen LogP contribution in [0.3, 0.4) is 0 Å². The molecule has 2 aliphatic rings. The van der Waals surface area contributed by atoms with Crippen LogP contribution in [0.2, 0.25) is 0 Å². The standard InChI is InChI=1S/C19H34N6O3/c1-16(2)13-20-19(21-14-17(26)22(3)4)25-7-5-23(6-8-25)15-18(27)24-9-11-28-12-10-24/h1,5-15H2,2-4H3,(H,20,21). The Hall–Kier alpha value is -2.13. The van der Waals surface area contributed by atoms with E-state index in [0.717, 1.165) is 37.7 Å². The van der Waals surface area contributed by atoms with Crippen molar-refractivity contribution in [1.29, 1.82) is 0 Å². The van der Waals surface area contributed by atoms with Gasteiger partial charge in [0.25, 0.3) is 0 Å². The smallest absolute Gasteiger partial charge is 0.243 e. The van der Waals surface area contributed by atoms with Gasteiger partial charge in [0.1, 0.15) is 6.54 Å². The number of hydrogen-bond acceptors (Lipinski definition) is 5. The van der Waals surface area contributed by atoms with Crippen LogP contribution in [0.15, 0.2) is 17.1 Å². The number of amides is 2. The highest BCUT2D eigenvalue weighted by atomic mass is 16.5. The first-order valence-corrected chi connectivity index (χ1v) is 9.82. The van der Waals surface area contributed by atoms with Gasteiger partial charge < -0.3 is 24.8 Å². The van der Waals surface area contributed by atoms with Crippen LogP contribution in [-0.4, -0.2) is 124 Å². The molecule has 2 rings (SSSR count). The van der Waals surface area contributed by atoms with Gasteiger partial charge in [-0.25, -0.2) is 4.99 Å². The Balaban J connectivity index is 1.86. The fraction of sp³-hybridized carbons (Fsp3) is 0.737. The fourth-order valence-electron chi connectivity index (χ4n) is 3.00. The molecule has 2 amide bonds. The van der Waals surface area contributed by atoms with Crippen molar-refractivity contribution in [2.75, 3.05) is 86.2 Å². The molecule has 2 heterocycles. The van der Waals surface area contributed by atoms with Crippen molar-refractivity contribution in [3.8, 4) is 0 Å². The largest absolute Gasteiger partial charge is 0.378 e. The Kier molecular flexibility index (Phi) is 8.72. The SMILES string of the molecule is C=C(C)CNC(=NCC(=O)N(C)C)N1CCN(CC(=O)N2CCOCC2)CC1. The van der Waals surface area contributed by atoms with Crippen LogP contribution in [0.4, 0.5) is 0 Å². The van der Waals surface area contributed by atoms with Crippen LogP contribution < -0.4 is 5.32 Å². The molecule has 158 valence electrons. The minimum Gasteiger partial charge on any atom is -0.378 e. The van der Waals surface area contributed by atoms with Crippen molar-refractivity contribution in [3.63, 3.8) is 0 Å². The van der Waals surface area contributed by atoms with Crippen molar-refractivity contribution < 1.29 is 14.3 Å². The highest BCUT2D eigenvalue weighted by Crippen LogP contribution is 2.05. The van der Waals surface area contributed by atoms with Gasteiger partial charge in [-0.15, -0.1) is 0 Å². The molecule has 9 heteroatoms. The van der Waals surface area contributed by atoms with Gasteiger partial charge in [-0.3, -0.25) is 14.5 Å². The van der Waals surface area contributed by atoms with Gasteiger partial charge in [0.2, 0.25) is 11.8 Å². The highest BCUT2D eigenvalue weighted by Gasteiger charge is 2.24. The second-order valence-corrected chi connectivity index (χ2v) is 7.50. The molecule has 0 spiro atoms. The quantitative estimate of drug-likeness (QED) is 0.356. The molecule has 0 aromatic carbocycles. The molecule has 0 bridgehead atoms. The van der Waals surface area contributed by atoms with Gasteiger partial charge in [-0.2, -0.15) is 0 Å². The van der Waals surface area contributed by atoms with E-state index >= 15 is 0 Å². The van der Waals surface area contributed by atoms with E-state index in [0.29, 0.717) is 39.4 Å². The van der Waals surface area contributed by atoms with Crippen LogP contribution in [0.1, 0.15) is 6.92 Å². The number of nitrogens with one attached hydrogen (secondary N) is 1. The zero-order valence-electron chi connectivity index (χ0n) is 17.4. The number of carbonyl (C=O) groups is 2. The minimum absolute atomic E-state index is 0.0376. The van der Waals surface area contributed by atoms with E-state index in [9.17, 15) is 9.59 Å². The number of carbonyl (C=O) groups excluding carboxylic acids is 2. The third kappa shape index (κ3) is 7.12. The van der Waals surface area contributed by atoms with Crippen LogP contribution >= 0.6 is 0 Å². The number of piperazine rings is 1. The Labute approximate surface area is 168 Å². The Bertz CT molecular complexity index is 578. The molecule has 2 aliphatic heterocycles. The second kappa shape index (κ2) is 11.0. The number of nitrogens with zero attached hydrogens (tertiary/aromatic N) is 5. The van der Waals surface area contributed by atoms with Crippen molar-refractivity contribution in [2.45, 2.75) is 6.92 Å². The molecular weight excluding hydrogens is 360 g/mol. The van der Waals surface area contributed by atoms with Crippen molar-refractivity contribution in [1.82, 2.24) is 24.9 Å². The van der Waals surface area contributed by atoms with E-state index in [4.69, 9.17) is 4.74 Å². The van der Waals surface area contributed by atoms with E-state index in [1.807, 2.05) is 11.8 Å². The molecule has 28 heavy (non-hydrogen) atoms. The van der Waals surface area contributed by atoms with E-state index in [1.165, 1.54) is 4.90 Å². The van der Waals surface area contributed by atoms with Gasteiger partial charge in [0.05, 0.1) is 19.8 Å². The molecule has 0 aromatic heterocycles. The number of aliphatic imine (C=N–C) groups is 1. The summed E-state index contributed by atoms with van der Waals surface area (Å²) in [7, 11) is 3.45. The summed E-state index contributed by atoms with van der Waals surface area (Å²) in [5, 5.41) is 3.29. The molecule has 0 saturated carbocycles. The molecule has 0 unspecified atom stereocenters. The molecule has 9 nitrogen and oxygen atoms in total. The van der Waals surface area contributed by atoms with Crippen LogP contribution in [-0.2, 0) is 14.3 Å². The first kappa shape index (κ1) is 22.2. The van der Waals surface area contributed by atoms with Crippen LogP contribution in [0.25, 0.3) is 0 Å². The van der Waals surface area contributed by atoms with E-state index in [-0.39, 0.29) is 18.4 Å². The number of rotatable bonds is 6. The third-order valence-corrected chi connectivity index (χ3v) is 4.81. The first-order chi connectivity index (χ1) is 13.4. The second-order valence-electron chi connectivity index (χ2n) is 7.50. The van der Waals surface area contributed by atoms with Gasteiger partial charge >= 0.3 is 0 Å². The lowest BCUT2D eigenvalue weighted by Gasteiger charge is -2.37. The predicted molar refractivity (Wildman–Crippen MR) is 109 cm³/mol. The number of ether oxygens (including phenoxy) is 1. The number of hydrogen-bond donors (Lipinski definition) is 1. The van der Waals surface area contributed by atoms with E-state index in [2.05, 4.69) is 26.7 Å². The predicted octanol–water partition coefficient (Wildman–Crippen LogP) is -0.927. The maximum Gasteiger partial charge on any atom is 0.243 e. The average Bonchev–Trinajstić information content (AvgIpc) is 2.69. The summed E-state index contributed by atoms with van der Waals surface area (Å²) in [5.74, 6) is 0.851. The minimum atomic E-state index is -0.0376. The average molecular weight is 395 g/mol. The van der Waals surface area contributed by atoms with Gasteiger partial charge in [-0.05, 0) is 6.92 Å². The Morgan fingerprint density at radius 1 is 1.07 bits per heavy atom. The Morgan fingerprint density at radius 2 is 1.71 bits per heavy atom. The molecular formula is C19H34N6O3. The van der Waals surface area contributed by atoms with Crippen molar-refractivity contribution in [3.05, 3.63) is 12.2 Å². The monoisotopic (exact) mass is 394 g/mol. The summed E-state index contributed by atoms with van der Waals surface area (Å²) in [4.78, 5) is 36.5. The van der Waals surface area contributed by atoms with E-state index < -0.39 is 0 Å². The summed E-state index contributed by atoms with van der Waals surface area (Å²) in [6.45, 7) is 12.7. The topological polar surface area (TPSA) is 80.7 Å². The zero-order valence-corrected chi connectivity index (χ0v) is 17.4. The number of morpholine rings is 1. The lowest BCUT2D eigenvalue weighted by Crippen LogP contribution is -2.55. The van der Waals surface area contributed by atoms with Crippen LogP contribution in [0.5, 0.6) is 0 Å². The number of guanidine groups is 1. The van der Waals surface area contributed by atoms with Crippen molar-refractivity contribution in [2.24, 2.45) is 4.99 Å².